The van der Waals surface area contributed by atoms with Crippen molar-refractivity contribution in [2.75, 3.05) is 13.2 Å². The standard InChI is InChI=1S/C11H13ClN4O2/c1-15-8-4-13-10(12)14-9(8)16(11(15)17)5-7-2-3-18-6-7/h4,7H,2-3,5-6H2,1H3. The highest BCUT2D eigenvalue weighted by Gasteiger charge is 2.20. The number of aryl methyl sites for hydroxylation is 1. The molecule has 1 fully saturated rings. The lowest BCUT2D eigenvalue weighted by Crippen LogP contribution is -2.25. The predicted molar refractivity (Wildman–Crippen MR) is 66.7 cm³/mol. The summed E-state index contributed by atoms with van der Waals surface area (Å²) in [5.41, 5.74) is 1.20. The molecule has 1 aliphatic heterocycles. The Balaban J connectivity index is 2.11. The first-order chi connectivity index (χ1) is 8.66. The Morgan fingerprint density at radius 3 is 3.17 bits per heavy atom. The molecule has 6 nitrogen and oxygen atoms in total. The van der Waals surface area contributed by atoms with E-state index in [2.05, 4.69) is 9.97 Å². The molecule has 3 heterocycles. The van der Waals surface area contributed by atoms with Crippen LogP contribution in [0.1, 0.15) is 6.42 Å². The van der Waals surface area contributed by atoms with Crippen molar-refractivity contribution in [2.24, 2.45) is 13.0 Å². The molecular formula is C11H13ClN4O2. The summed E-state index contributed by atoms with van der Waals surface area (Å²) >= 11 is 5.80. The molecular weight excluding hydrogens is 256 g/mol. The molecule has 1 atom stereocenters. The van der Waals surface area contributed by atoms with Crippen LogP contribution in [-0.2, 0) is 18.3 Å². The normalized spacial score (nSPS) is 19.8. The number of aromatic nitrogens is 4. The first-order valence-electron chi connectivity index (χ1n) is 5.82. The van der Waals surface area contributed by atoms with Gasteiger partial charge in [-0.3, -0.25) is 9.13 Å². The summed E-state index contributed by atoms with van der Waals surface area (Å²) in [5, 5.41) is 0.157. The van der Waals surface area contributed by atoms with Gasteiger partial charge in [-0.1, -0.05) is 0 Å². The van der Waals surface area contributed by atoms with Gasteiger partial charge in [0.1, 0.15) is 5.52 Å². The predicted octanol–water partition coefficient (Wildman–Crippen LogP) is 0.820. The van der Waals surface area contributed by atoms with E-state index in [1.54, 1.807) is 22.4 Å². The maximum Gasteiger partial charge on any atom is 0.330 e. The van der Waals surface area contributed by atoms with Gasteiger partial charge < -0.3 is 4.74 Å². The molecule has 2 aromatic rings. The van der Waals surface area contributed by atoms with Crippen molar-refractivity contribution in [3.8, 4) is 0 Å². The highest BCUT2D eigenvalue weighted by molar-refractivity contribution is 6.28. The van der Waals surface area contributed by atoms with Gasteiger partial charge in [0.15, 0.2) is 5.65 Å². The number of hydrogen-bond donors (Lipinski definition) is 0. The average Bonchev–Trinajstić information content (AvgIpc) is 2.93. The zero-order valence-corrected chi connectivity index (χ0v) is 10.7. The van der Waals surface area contributed by atoms with Gasteiger partial charge in [-0.25, -0.2) is 9.78 Å². The van der Waals surface area contributed by atoms with Crippen molar-refractivity contribution in [3.63, 3.8) is 0 Å². The van der Waals surface area contributed by atoms with E-state index in [4.69, 9.17) is 16.3 Å². The lowest BCUT2D eigenvalue weighted by molar-refractivity contribution is 0.182. The summed E-state index contributed by atoms with van der Waals surface area (Å²) in [5.74, 6) is 0.363. The van der Waals surface area contributed by atoms with Crippen molar-refractivity contribution in [1.82, 2.24) is 19.1 Å². The number of nitrogens with zero attached hydrogens (tertiary/aromatic N) is 4. The molecule has 1 unspecified atom stereocenters. The Hall–Kier alpha value is -1.40. The smallest absolute Gasteiger partial charge is 0.330 e. The van der Waals surface area contributed by atoms with Gasteiger partial charge in [-0.15, -0.1) is 0 Å². The maximum atomic E-state index is 12.2. The molecule has 1 saturated heterocycles. The Bertz CT molecular complexity index is 642. The molecule has 0 radical (unpaired) electrons. The van der Waals surface area contributed by atoms with Crippen LogP contribution in [0.15, 0.2) is 11.0 Å². The minimum atomic E-state index is -0.0894. The number of rotatable bonds is 2. The Morgan fingerprint density at radius 1 is 1.61 bits per heavy atom. The molecule has 0 bridgehead atoms. The van der Waals surface area contributed by atoms with E-state index in [0.717, 1.165) is 13.0 Å². The fraction of sp³-hybridized carbons (Fsp3) is 0.545. The van der Waals surface area contributed by atoms with Crippen LogP contribution in [0.2, 0.25) is 5.28 Å². The molecule has 0 saturated carbocycles. The van der Waals surface area contributed by atoms with Crippen LogP contribution >= 0.6 is 11.6 Å². The van der Waals surface area contributed by atoms with Crippen LogP contribution in [0.5, 0.6) is 0 Å². The third-order valence-corrected chi connectivity index (χ3v) is 3.50. The highest BCUT2D eigenvalue weighted by Crippen LogP contribution is 2.17. The lowest BCUT2D eigenvalue weighted by atomic mass is 10.1. The van der Waals surface area contributed by atoms with Crippen LogP contribution in [-0.4, -0.2) is 32.3 Å². The summed E-state index contributed by atoms with van der Waals surface area (Å²) in [6, 6.07) is 0. The quantitative estimate of drug-likeness (QED) is 0.757. The Kier molecular flexibility index (Phi) is 2.83. The van der Waals surface area contributed by atoms with E-state index in [-0.39, 0.29) is 11.0 Å². The highest BCUT2D eigenvalue weighted by atomic mass is 35.5. The van der Waals surface area contributed by atoms with Gasteiger partial charge in [0.2, 0.25) is 5.28 Å². The van der Waals surface area contributed by atoms with Gasteiger partial charge in [0.05, 0.1) is 12.8 Å². The Morgan fingerprint density at radius 2 is 2.44 bits per heavy atom. The third-order valence-electron chi connectivity index (χ3n) is 3.32. The summed E-state index contributed by atoms with van der Waals surface area (Å²) in [7, 11) is 1.71. The maximum absolute atomic E-state index is 12.2. The molecule has 0 spiro atoms. The number of imidazole rings is 1. The summed E-state index contributed by atoms with van der Waals surface area (Å²) in [6.07, 6.45) is 2.55. The van der Waals surface area contributed by atoms with E-state index in [1.165, 1.54) is 0 Å². The summed E-state index contributed by atoms with van der Waals surface area (Å²) in [4.78, 5) is 20.2. The molecule has 7 heteroatoms. The first kappa shape index (κ1) is 11.7. The largest absolute Gasteiger partial charge is 0.381 e. The molecule has 1 aliphatic rings. The van der Waals surface area contributed by atoms with Gasteiger partial charge >= 0.3 is 5.69 Å². The molecule has 0 N–H and O–H groups in total. The number of fused-ring (bicyclic) bond motifs is 1. The summed E-state index contributed by atoms with van der Waals surface area (Å²) in [6.45, 7) is 2.07. The zero-order chi connectivity index (χ0) is 12.7. The van der Waals surface area contributed by atoms with Crippen LogP contribution in [0, 0.1) is 5.92 Å². The molecule has 96 valence electrons. The fourth-order valence-corrected chi connectivity index (χ4v) is 2.43. The van der Waals surface area contributed by atoms with Gasteiger partial charge in [-0.05, 0) is 18.0 Å². The van der Waals surface area contributed by atoms with Crippen molar-refractivity contribution < 1.29 is 4.74 Å². The van der Waals surface area contributed by atoms with Crippen LogP contribution in [0.3, 0.4) is 0 Å². The number of halogens is 1. The Labute approximate surface area is 108 Å². The minimum absolute atomic E-state index is 0.0894. The van der Waals surface area contributed by atoms with Crippen LogP contribution in [0.4, 0.5) is 0 Å². The topological polar surface area (TPSA) is 61.9 Å². The minimum Gasteiger partial charge on any atom is -0.381 e. The van der Waals surface area contributed by atoms with Crippen LogP contribution in [0.25, 0.3) is 11.2 Å². The van der Waals surface area contributed by atoms with E-state index < -0.39 is 0 Å². The SMILES string of the molecule is Cn1c(=O)n(CC2CCOC2)c2nc(Cl)ncc21. The average molecular weight is 269 g/mol. The lowest BCUT2D eigenvalue weighted by Gasteiger charge is -2.07. The monoisotopic (exact) mass is 268 g/mol. The van der Waals surface area contributed by atoms with E-state index >= 15 is 0 Å². The van der Waals surface area contributed by atoms with Gasteiger partial charge in [-0.2, -0.15) is 4.98 Å². The van der Waals surface area contributed by atoms with Gasteiger partial charge in [0, 0.05) is 26.1 Å². The molecule has 0 aromatic carbocycles. The second-order valence-electron chi connectivity index (χ2n) is 4.53. The van der Waals surface area contributed by atoms with E-state index in [0.29, 0.717) is 30.2 Å². The third kappa shape index (κ3) is 1.81. The molecule has 0 amide bonds. The number of ether oxygens (including phenoxy) is 1. The van der Waals surface area contributed by atoms with Gasteiger partial charge in [0.25, 0.3) is 0 Å². The van der Waals surface area contributed by atoms with E-state index in [1.807, 2.05) is 0 Å². The zero-order valence-electron chi connectivity index (χ0n) is 9.97. The second-order valence-corrected chi connectivity index (χ2v) is 4.87. The molecule has 0 aliphatic carbocycles. The van der Waals surface area contributed by atoms with Crippen LogP contribution < -0.4 is 5.69 Å². The van der Waals surface area contributed by atoms with Crippen molar-refractivity contribution in [1.29, 1.82) is 0 Å². The molecule has 3 rings (SSSR count). The van der Waals surface area contributed by atoms with Crippen molar-refractivity contribution in [3.05, 3.63) is 22.0 Å². The second kappa shape index (κ2) is 4.37. The first-order valence-corrected chi connectivity index (χ1v) is 6.20. The fourth-order valence-electron chi connectivity index (χ4n) is 2.31. The molecule has 2 aromatic heterocycles. The van der Waals surface area contributed by atoms with Crippen molar-refractivity contribution in [2.45, 2.75) is 13.0 Å². The molecule has 18 heavy (non-hydrogen) atoms. The number of hydrogen-bond acceptors (Lipinski definition) is 4. The van der Waals surface area contributed by atoms with E-state index in [9.17, 15) is 4.79 Å². The summed E-state index contributed by atoms with van der Waals surface area (Å²) < 4.78 is 8.53. The van der Waals surface area contributed by atoms with Crippen molar-refractivity contribution >= 4 is 22.8 Å².